The third-order valence-electron chi connectivity index (χ3n) is 3.59. The van der Waals surface area contributed by atoms with Crippen LogP contribution in [0.2, 0.25) is 0 Å². The van der Waals surface area contributed by atoms with Crippen molar-refractivity contribution in [3.05, 3.63) is 26.7 Å². The average molecular weight is 248 g/mol. The smallest absolute Gasteiger partial charge is 0.330 e. The largest absolute Gasteiger partial charge is 0.336 e. The Balaban J connectivity index is 2.23. The fourth-order valence-electron chi connectivity index (χ4n) is 2.36. The first-order valence-corrected chi connectivity index (χ1v) is 6.43. The summed E-state index contributed by atoms with van der Waals surface area (Å²) in [5.74, 6) is 1.26. The third-order valence-corrected chi connectivity index (χ3v) is 3.59. The Hall–Kier alpha value is -1.85. The van der Waals surface area contributed by atoms with Crippen molar-refractivity contribution < 1.29 is 0 Å². The number of hydrogen-bond acceptors (Lipinski definition) is 3. The summed E-state index contributed by atoms with van der Waals surface area (Å²) in [4.78, 5) is 33.4. The molecule has 2 N–H and O–H groups in total. The van der Waals surface area contributed by atoms with Crippen LogP contribution < -0.4 is 11.2 Å². The van der Waals surface area contributed by atoms with Gasteiger partial charge in [0.25, 0.3) is 5.56 Å². The summed E-state index contributed by atoms with van der Waals surface area (Å²) in [6, 6.07) is 0. The Kier molecular flexibility index (Phi) is 2.57. The maximum absolute atomic E-state index is 11.8. The molecule has 2 aromatic heterocycles. The van der Waals surface area contributed by atoms with Crippen LogP contribution in [0.4, 0.5) is 0 Å². The van der Waals surface area contributed by atoms with E-state index in [-0.39, 0.29) is 11.2 Å². The zero-order valence-electron chi connectivity index (χ0n) is 10.3. The van der Waals surface area contributed by atoms with E-state index in [0.29, 0.717) is 23.6 Å². The topological polar surface area (TPSA) is 83.5 Å². The fraction of sp³-hybridized carbons (Fsp3) is 0.583. The number of aromatic nitrogens is 4. The van der Waals surface area contributed by atoms with Crippen molar-refractivity contribution in [1.29, 1.82) is 0 Å². The van der Waals surface area contributed by atoms with Gasteiger partial charge in [0.15, 0.2) is 5.65 Å². The van der Waals surface area contributed by atoms with E-state index in [0.717, 1.165) is 25.1 Å². The van der Waals surface area contributed by atoms with Crippen LogP contribution in [0.3, 0.4) is 0 Å². The molecule has 0 amide bonds. The Morgan fingerprint density at radius 1 is 1.33 bits per heavy atom. The summed E-state index contributed by atoms with van der Waals surface area (Å²) < 4.78 is 1.54. The van der Waals surface area contributed by atoms with Crippen LogP contribution in [0.25, 0.3) is 11.2 Å². The zero-order valence-corrected chi connectivity index (χ0v) is 10.3. The molecule has 0 aromatic carbocycles. The summed E-state index contributed by atoms with van der Waals surface area (Å²) in [6.45, 7) is 2.56. The van der Waals surface area contributed by atoms with Gasteiger partial charge >= 0.3 is 5.69 Å². The highest BCUT2D eigenvalue weighted by atomic mass is 16.2. The zero-order chi connectivity index (χ0) is 12.7. The van der Waals surface area contributed by atoms with Crippen molar-refractivity contribution in [2.75, 3.05) is 0 Å². The third kappa shape index (κ3) is 1.60. The van der Waals surface area contributed by atoms with E-state index in [4.69, 9.17) is 0 Å². The van der Waals surface area contributed by atoms with Gasteiger partial charge in [0, 0.05) is 12.5 Å². The van der Waals surface area contributed by atoms with Crippen molar-refractivity contribution in [3.63, 3.8) is 0 Å². The molecule has 0 radical (unpaired) electrons. The van der Waals surface area contributed by atoms with Crippen LogP contribution in [0.15, 0.2) is 9.59 Å². The summed E-state index contributed by atoms with van der Waals surface area (Å²) in [7, 11) is 0. The van der Waals surface area contributed by atoms with Crippen LogP contribution in [0.5, 0.6) is 0 Å². The van der Waals surface area contributed by atoms with Crippen molar-refractivity contribution in [2.24, 2.45) is 0 Å². The number of hydrogen-bond donors (Lipinski definition) is 2. The first kappa shape index (κ1) is 11.3. The minimum atomic E-state index is -0.375. The maximum atomic E-state index is 11.8. The number of aromatic amines is 2. The Morgan fingerprint density at radius 3 is 2.72 bits per heavy atom. The van der Waals surface area contributed by atoms with E-state index in [9.17, 15) is 9.59 Å². The van der Waals surface area contributed by atoms with Crippen molar-refractivity contribution in [2.45, 2.75) is 45.1 Å². The first-order valence-electron chi connectivity index (χ1n) is 6.43. The molecule has 2 heterocycles. The van der Waals surface area contributed by atoms with Gasteiger partial charge in [0.1, 0.15) is 11.3 Å². The Labute approximate surface area is 103 Å². The van der Waals surface area contributed by atoms with Crippen LogP contribution in [0.1, 0.15) is 44.3 Å². The molecule has 6 nitrogen and oxygen atoms in total. The molecule has 0 spiro atoms. The van der Waals surface area contributed by atoms with E-state index in [1.54, 1.807) is 0 Å². The van der Waals surface area contributed by atoms with Crippen molar-refractivity contribution in [1.82, 2.24) is 19.5 Å². The van der Waals surface area contributed by atoms with E-state index in [1.165, 1.54) is 11.0 Å². The lowest BCUT2D eigenvalue weighted by molar-refractivity contribution is 0.404. The molecule has 0 bridgehead atoms. The summed E-state index contributed by atoms with van der Waals surface area (Å²) in [6.07, 6.45) is 4.25. The lowest BCUT2D eigenvalue weighted by atomic mass is 9.85. The first-order chi connectivity index (χ1) is 8.70. The normalized spacial score (nSPS) is 16.1. The molecule has 1 fully saturated rings. The molecule has 1 saturated carbocycles. The molecule has 0 saturated heterocycles. The second-order valence-corrected chi connectivity index (χ2v) is 4.86. The lowest BCUT2D eigenvalue weighted by Gasteiger charge is -2.22. The van der Waals surface area contributed by atoms with Gasteiger partial charge in [-0.3, -0.25) is 14.3 Å². The number of imidazole rings is 1. The van der Waals surface area contributed by atoms with Crippen LogP contribution in [0, 0.1) is 0 Å². The van der Waals surface area contributed by atoms with Crippen LogP contribution >= 0.6 is 0 Å². The SMILES string of the molecule is CCCn1c(=O)[nH]c(=O)c2[nH]c(C3CCC3)nc21. The fourth-order valence-corrected chi connectivity index (χ4v) is 2.36. The number of H-pyrrole nitrogens is 2. The molecule has 18 heavy (non-hydrogen) atoms. The molecule has 3 rings (SSSR count). The summed E-state index contributed by atoms with van der Waals surface area (Å²) in [5.41, 5.74) is 0.166. The number of nitrogens with zero attached hydrogens (tertiary/aromatic N) is 2. The van der Waals surface area contributed by atoms with Gasteiger partial charge in [-0.05, 0) is 19.3 Å². The highest BCUT2D eigenvalue weighted by molar-refractivity contribution is 5.69. The lowest BCUT2D eigenvalue weighted by Crippen LogP contribution is -2.30. The molecule has 0 aliphatic heterocycles. The molecular weight excluding hydrogens is 232 g/mol. The van der Waals surface area contributed by atoms with Gasteiger partial charge < -0.3 is 4.98 Å². The highest BCUT2D eigenvalue weighted by Crippen LogP contribution is 2.34. The maximum Gasteiger partial charge on any atom is 0.330 e. The van der Waals surface area contributed by atoms with Gasteiger partial charge in [-0.25, -0.2) is 9.78 Å². The monoisotopic (exact) mass is 248 g/mol. The van der Waals surface area contributed by atoms with Crippen LogP contribution in [-0.4, -0.2) is 19.5 Å². The number of rotatable bonds is 3. The van der Waals surface area contributed by atoms with Crippen LogP contribution in [-0.2, 0) is 6.54 Å². The molecule has 1 aliphatic carbocycles. The van der Waals surface area contributed by atoms with E-state index in [1.807, 2.05) is 6.92 Å². The minimum Gasteiger partial charge on any atom is -0.336 e. The predicted octanol–water partition coefficient (Wildman–Crippen LogP) is 1.09. The molecule has 96 valence electrons. The van der Waals surface area contributed by atoms with Crippen molar-refractivity contribution in [3.8, 4) is 0 Å². The Morgan fingerprint density at radius 2 is 2.11 bits per heavy atom. The standard InChI is InChI=1S/C12H16N4O2/c1-2-6-16-10-8(11(17)15-12(16)18)13-9(14-10)7-4-3-5-7/h7H,2-6H2,1H3,(H,13,14)(H,15,17,18). The second-order valence-electron chi connectivity index (χ2n) is 4.86. The van der Waals surface area contributed by atoms with Gasteiger partial charge in [0.05, 0.1) is 0 Å². The van der Waals surface area contributed by atoms with Crippen molar-refractivity contribution >= 4 is 11.2 Å². The minimum absolute atomic E-state index is 0.374. The van der Waals surface area contributed by atoms with E-state index in [2.05, 4.69) is 15.0 Å². The molecule has 1 aliphatic rings. The van der Waals surface area contributed by atoms with Gasteiger partial charge in [-0.15, -0.1) is 0 Å². The highest BCUT2D eigenvalue weighted by Gasteiger charge is 2.24. The van der Waals surface area contributed by atoms with E-state index < -0.39 is 0 Å². The number of nitrogens with one attached hydrogen (secondary N) is 2. The second kappa shape index (κ2) is 4.12. The van der Waals surface area contributed by atoms with Gasteiger partial charge in [-0.2, -0.15) is 0 Å². The molecule has 0 unspecified atom stereocenters. The molecule has 0 atom stereocenters. The number of aryl methyl sites for hydroxylation is 1. The summed E-state index contributed by atoms with van der Waals surface area (Å²) in [5, 5.41) is 0. The summed E-state index contributed by atoms with van der Waals surface area (Å²) >= 11 is 0. The predicted molar refractivity (Wildman–Crippen MR) is 67.9 cm³/mol. The average Bonchev–Trinajstić information content (AvgIpc) is 2.66. The van der Waals surface area contributed by atoms with E-state index >= 15 is 0 Å². The number of fused-ring (bicyclic) bond motifs is 1. The van der Waals surface area contributed by atoms with Gasteiger partial charge in [0.2, 0.25) is 0 Å². The quantitative estimate of drug-likeness (QED) is 0.852. The molecule has 6 heteroatoms. The molecule has 2 aromatic rings. The Bertz CT molecular complexity index is 690. The molecular formula is C12H16N4O2. The van der Waals surface area contributed by atoms with Gasteiger partial charge in [-0.1, -0.05) is 13.3 Å².